The number of rotatable bonds is 5. The van der Waals surface area contributed by atoms with Crippen LogP contribution in [0.3, 0.4) is 0 Å². The third-order valence-electron chi connectivity index (χ3n) is 3.77. The molecule has 6 heteroatoms. The van der Waals surface area contributed by atoms with E-state index in [0.717, 1.165) is 11.1 Å². The summed E-state index contributed by atoms with van der Waals surface area (Å²) in [6.07, 6.45) is 0.188. The maximum absolute atomic E-state index is 12.1. The van der Waals surface area contributed by atoms with Crippen LogP contribution in [0.4, 0.5) is 0 Å². The Balaban J connectivity index is 2.44. The maximum atomic E-state index is 12.1. The van der Waals surface area contributed by atoms with Gasteiger partial charge < -0.3 is 19.3 Å². The zero-order valence-corrected chi connectivity index (χ0v) is 12.3. The van der Waals surface area contributed by atoms with Crippen LogP contribution < -0.4 is 9.47 Å². The topological polar surface area (TPSA) is 82.1 Å². The van der Waals surface area contributed by atoms with E-state index in [1.54, 1.807) is 19.1 Å². The number of benzene rings is 1. The lowest BCUT2D eigenvalue weighted by Crippen LogP contribution is -2.41. The Kier molecular flexibility index (Phi) is 4.06. The molecule has 2 rings (SSSR count). The maximum Gasteiger partial charge on any atom is 0.324 e. The summed E-state index contributed by atoms with van der Waals surface area (Å²) in [6, 6.07) is 3.44. The number of aliphatic carboxylic acids is 1. The van der Waals surface area contributed by atoms with Gasteiger partial charge in [0.2, 0.25) is 0 Å². The van der Waals surface area contributed by atoms with Crippen LogP contribution in [-0.4, -0.2) is 37.9 Å². The quantitative estimate of drug-likeness (QED) is 0.653. The van der Waals surface area contributed by atoms with Crippen LogP contribution in [0.5, 0.6) is 11.5 Å². The smallest absolute Gasteiger partial charge is 0.324 e. The van der Waals surface area contributed by atoms with E-state index < -0.39 is 17.4 Å². The van der Waals surface area contributed by atoms with Crippen LogP contribution in [0.2, 0.25) is 0 Å². The number of hydrogen-bond donors (Lipinski definition) is 1. The second-order valence-electron chi connectivity index (χ2n) is 4.94. The molecule has 0 atom stereocenters. The van der Waals surface area contributed by atoms with Gasteiger partial charge in [0.05, 0.1) is 20.8 Å². The summed E-state index contributed by atoms with van der Waals surface area (Å²) < 4.78 is 15.4. The van der Waals surface area contributed by atoms with Crippen LogP contribution in [0.25, 0.3) is 0 Å². The molecule has 0 aromatic heterocycles. The molecular weight excluding hydrogens is 276 g/mol. The first-order valence-electron chi connectivity index (χ1n) is 6.63. The molecule has 6 nitrogen and oxygen atoms in total. The Bertz CT molecular complexity index is 545. The van der Waals surface area contributed by atoms with Crippen molar-refractivity contribution >= 4 is 11.9 Å². The molecule has 1 aliphatic rings. The average molecular weight is 294 g/mol. The molecule has 21 heavy (non-hydrogen) atoms. The molecule has 1 aromatic carbocycles. The van der Waals surface area contributed by atoms with Crippen molar-refractivity contribution in [1.82, 2.24) is 0 Å². The van der Waals surface area contributed by atoms with Gasteiger partial charge in [-0.25, -0.2) is 0 Å². The van der Waals surface area contributed by atoms with Crippen LogP contribution in [0, 0.1) is 5.41 Å². The van der Waals surface area contributed by atoms with E-state index in [1.807, 2.05) is 0 Å². The molecule has 0 unspecified atom stereocenters. The Morgan fingerprint density at radius 1 is 1.14 bits per heavy atom. The van der Waals surface area contributed by atoms with E-state index in [2.05, 4.69) is 0 Å². The molecule has 114 valence electrons. The zero-order chi connectivity index (χ0) is 15.6. The molecule has 0 heterocycles. The first-order valence-corrected chi connectivity index (χ1v) is 6.63. The van der Waals surface area contributed by atoms with Gasteiger partial charge in [-0.3, -0.25) is 9.59 Å². The average Bonchev–Trinajstić information content (AvgIpc) is 2.85. The normalized spacial score (nSPS) is 15.2. The number of carboxylic acid groups (broad SMARTS) is 1. The largest absolute Gasteiger partial charge is 0.493 e. The fourth-order valence-corrected chi connectivity index (χ4v) is 2.66. The minimum atomic E-state index is -1.56. The predicted octanol–water partition coefficient (Wildman–Crippen LogP) is 1.44. The van der Waals surface area contributed by atoms with Gasteiger partial charge in [0, 0.05) is 0 Å². The number of esters is 1. The Morgan fingerprint density at radius 2 is 1.62 bits per heavy atom. The molecule has 1 N–H and O–H groups in total. The summed E-state index contributed by atoms with van der Waals surface area (Å²) in [5, 5.41) is 9.52. The number of methoxy groups -OCH3 is 2. The van der Waals surface area contributed by atoms with Crippen molar-refractivity contribution in [3.63, 3.8) is 0 Å². The van der Waals surface area contributed by atoms with E-state index in [-0.39, 0.29) is 19.4 Å². The summed E-state index contributed by atoms with van der Waals surface area (Å²) in [4.78, 5) is 23.8. The van der Waals surface area contributed by atoms with Gasteiger partial charge in [0.1, 0.15) is 0 Å². The van der Waals surface area contributed by atoms with Crippen molar-refractivity contribution < 1.29 is 28.9 Å². The van der Waals surface area contributed by atoms with Gasteiger partial charge in [0.25, 0.3) is 0 Å². The van der Waals surface area contributed by atoms with Crippen molar-refractivity contribution in [2.45, 2.75) is 19.8 Å². The standard InChI is InChI=1S/C15H18O6/c1-4-21-14(18)15(13(16)17)7-9-5-11(19-2)12(20-3)6-10(9)8-15/h5-6H,4,7-8H2,1-3H3,(H,16,17). The number of carbonyl (C=O) groups is 2. The van der Waals surface area contributed by atoms with Crippen molar-refractivity contribution in [2.24, 2.45) is 5.41 Å². The molecule has 0 fully saturated rings. The van der Waals surface area contributed by atoms with Crippen LogP contribution in [-0.2, 0) is 27.2 Å². The summed E-state index contributed by atoms with van der Waals surface area (Å²) >= 11 is 0. The number of carbonyl (C=O) groups excluding carboxylic acids is 1. The molecule has 0 aliphatic heterocycles. The van der Waals surface area contributed by atoms with Gasteiger partial charge in [-0.1, -0.05) is 0 Å². The van der Waals surface area contributed by atoms with Crippen LogP contribution in [0.1, 0.15) is 18.1 Å². The van der Waals surface area contributed by atoms with E-state index in [4.69, 9.17) is 14.2 Å². The Morgan fingerprint density at radius 3 is 1.95 bits per heavy atom. The highest BCUT2D eigenvalue weighted by Gasteiger charge is 2.52. The third kappa shape index (κ3) is 2.41. The van der Waals surface area contributed by atoms with E-state index in [1.165, 1.54) is 14.2 Å². The zero-order valence-electron chi connectivity index (χ0n) is 12.3. The monoisotopic (exact) mass is 294 g/mol. The minimum absolute atomic E-state index is 0.0941. The molecule has 0 spiro atoms. The number of hydrogen-bond acceptors (Lipinski definition) is 5. The van der Waals surface area contributed by atoms with Gasteiger partial charge in [0.15, 0.2) is 16.9 Å². The second kappa shape index (κ2) is 5.63. The Hall–Kier alpha value is -2.24. The first-order chi connectivity index (χ1) is 9.98. The highest BCUT2D eigenvalue weighted by molar-refractivity contribution is 6.00. The molecule has 0 amide bonds. The molecule has 1 aromatic rings. The highest BCUT2D eigenvalue weighted by Crippen LogP contribution is 2.43. The van der Waals surface area contributed by atoms with Gasteiger partial charge >= 0.3 is 11.9 Å². The molecule has 1 aliphatic carbocycles. The molecule has 0 saturated heterocycles. The van der Waals surface area contributed by atoms with Crippen LogP contribution >= 0.6 is 0 Å². The van der Waals surface area contributed by atoms with Crippen LogP contribution in [0.15, 0.2) is 12.1 Å². The lowest BCUT2D eigenvalue weighted by molar-refractivity contribution is -0.167. The molecule has 0 saturated carbocycles. The van der Waals surface area contributed by atoms with E-state index >= 15 is 0 Å². The molecule has 0 bridgehead atoms. The first kappa shape index (κ1) is 15.2. The lowest BCUT2D eigenvalue weighted by atomic mass is 9.85. The predicted molar refractivity (Wildman–Crippen MR) is 73.7 cm³/mol. The summed E-state index contributed by atoms with van der Waals surface area (Å²) in [7, 11) is 3.02. The fraction of sp³-hybridized carbons (Fsp3) is 0.467. The SMILES string of the molecule is CCOC(=O)C1(C(=O)O)Cc2cc(OC)c(OC)cc2C1. The second-order valence-corrected chi connectivity index (χ2v) is 4.94. The summed E-state index contributed by atoms with van der Waals surface area (Å²) in [6.45, 7) is 1.80. The number of ether oxygens (including phenoxy) is 3. The number of carboxylic acids is 1. The van der Waals surface area contributed by atoms with Crippen molar-refractivity contribution in [1.29, 1.82) is 0 Å². The lowest BCUT2D eigenvalue weighted by Gasteiger charge is -2.21. The van der Waals surface area contributed by atoms with Crippen molar-refractivity contribution in [2.75, 3.05) is 20.8 Å². The summed E-state index contributed by atoms with van der Waals surface area (Å²) in [5.41, 5.74) is -0.0263. The molecular formula is C15H18O6. The van der Waals surface area contributed by atoms with Gasteiger partial charge in [-0.2, -0.15) is 0 Å². The third-order valence-corrected chi connectivity index (χ3v) is 3.77. The van der Waals surface area contributed by atoms with E-state index in [9.17, 15) is 14.7 Å². The van der Waals surface area contributed by atoms with Crippen molar-refractivity contribution in [3.8, 4) is 11.5 Å². The van der Waals surface area contributed by atoms with Crippen molar-refractivity contribution in [3.05, 3.63) is 23.3 Å². The summed E-state index contributed by atoms with van der Waals surface area (Å²) in [5.74, 6) is -0.843. The number of fused-ring (bicyclic) bond motifs is 1. The highest BCUT2D eigenvalue weighted by atomic mass is 16.5. The van der Waals surface area contributed by atoms with Gasteiger partial charge in [-0.15, -0.1) is 0 Å². The Labute approximate surface area is 122 Å². The van der Waals surface area contributed by atoms with Gasteiger partial charge in [-0.05, 0) is 43.0 Å². The van der Waals surface area contributed by atoms with E-state index in [0.29, 0.717) is 11.5 Å². The minimum Gasteiger partial charge on any atom is -0.493 e. The molecule has 0 radical (unpaired) electrons. The fourth-order valence-electron chi connectivity index (χ4n) is 2.66.